The standard InChI is InChI=1S/C20H15NO5/c1-25-20-13-10-6-5-9-12(13)16(22)17(26-20)14-15(20)19(24)21(18(14)23)11-7-3-2-4-8-11/h2-10,14-15,17H,1H3/t14-,15-,17+,20+/m1/s1. The van der Waals surface area contributed by atoms with Crippen molar-refractivity contribution in [1.82, 2.24) is 0 Å². The number of amides is 2. The van der Waals surface area contributed by atoms with E-state index in [1.165, 1.54) is 7.11 Å². The summed E-state index contributed by atoms with van der Waals surface area (Å²) in [6, 6.07) is 15.6. The van der Waals surface area contributed by atoms with Crippen molar-refractivity contribution < 1.29 is 23.9 Å². The molecule has 0 radical (unpaired) electrons. The molecule has 0 aliphatic carbocycles. The van der Waals surface area contributed by atoms with Gasteiger partial charge in [-0.25, -0.2) is 4.90 Å². The summed E-state index contributed by atoms with van der Waals surface area (Å²) >= 11 is 0. The molecule has 0 saturated carbocycles. The fraction of sp³-hybridized carbons (Fsp3) is 0.250. The maximum atomic E-state index is 13.3. The van der Waals surface area contributed by atoms with Crippen LogP contribution in [0, 0.1) is 11.8 Å². The summed E-state index contributed by atoms with van der Waals surface area (Å²) in [6.07, 6.45) is -1.01. The topological polar surface area (TPSA) is 72.9 Å². The van der Waals surface area contributed by atoms with Crippen molar-refractivity contribution in [2.24, 2.45) is 11.8 Å². The SMILES string of the molecule is CO[C@]12O[C@H](C(=O)c3ccccc31)[C@@H]1C(=O)N(c3ccccc3)C(=O)[C@@H]12. The molecule has 2 amide bonds. The summed E-state index contributed by atoms with van der Waals surface area (Å²) in [5.74, 6) is -4.30. The Morgan fingerprint density at radius 1 is 0.962 bits per heavy atom. The zero-order valence-corrected chi connectivity index (χ0v) is 13.9. The molecule has 5 rings (SSSR count). The van der Waals surface area contributed by atoms with E-state index in [2.05, 4.69) is 0 Å². The molecule has 130 valence electrons. The van der Waals surface area contributed by atoms with Gasteiger partial charge in [0.05, 0.1) is 11.6 Å². The molecule has 2 aromatic rings. The zero-order valence-electron chi connectivity index (χ0n) is 13.9. The minimum atomic E-state index is -1.42. The van der Waals surface area contributed by atoms with E-state index < -0.39 is 35.5 Å². The number of hydrogen-bond donors (Lipinski definition) is 0. The van der Waals surface area contributed by atoms with E-state index in [9.17, 15) is 14.4 Å². The van der Waals surface area contributed by atoms with Gasteiger partial charge in [-0.15, -0.1) is 0 Å². The number of ketones is 1. The molecule has 2 fully saturated rings. The van der Waals surface area contributed by atoms with E-state index in [0.29, 0.717) is 16.8 Å². The van der Waals surface area contributed by atoms with Crippen LogP contribution in [0.3, 0.4) is 0 Å². The third-order valence-corrected chi connectivity index (χ3v) is 5.53. The summed E-state index contributed by atoms with van der Waals surface area (Å²) in [4.78, 5) is 40.4. The van der Waals surface area contributed by atoms with Gasteiger partial charge in [-0.2, -0.15) is 0 Å². The lowest BCUT2D eigenvalue weighted by molar-refractivity contribution is -0.235. The molecule has 2 aromatic carbocycles. The lowest BCUT2D eigenvalue weighted by Gasteiger charge is -2.36. The summed E-state index contributed by atoms with van der Waals surface area (Å²) in [5, 5.41) is 0. The number of carbonyl (C=O) groups excluding carboxylic acids is 3. The van der Waals surface area contributed by atoms with E-state index in [-0.39, 0.29) is 5.78 Å². The van der Waals surface area contributed by atoms with Gasteiger partial charge in [0.25, 0.3) is 0 Å². The first-order valence-corrected chi connectivity index (χ1v) is 8.39. The van der Waals surface area contributed by atoms with E-state index in [1.807, 2.05) is 6.07 Å². The van der Waals surface area contributed by atoms with Crippen LogP contribution in [0.1, 0.15) is 15.9 Å². The fourth-order valence-electron chi connectivity index (χ4n) is 4.45. The Morgan fingerprint density at radius 2 is 1.65 bits per heavy atom. The number of carbonyl (C=O) groups is 3. The van der Waals surface area contributed by atoms with Gasteiger partial charge in [0.2, 0.25) is 17.6 Å². The number of rotatable bonds is 2. The predicted molar refractivity (Wildman–Crippen MR) is 90.2 cm³/mol. The maximum Gasteiger partial charge on any atom is 0.243 e. The highest BCUT2D eigenvalue weighted by Gasteiger charge is 2.72. The number of para-hydroxylation sites is 1. The molecule has 0 unspecified atom stereocenters. The van der Waals surface area contributed by atoms with Gasteiger partial charge in [-0.3, -0.25) is 14.4 Å². The first-order valence-electron chi connectivity index (χ1n) is 8.39. The van der Waals surface area contributed by atoms with Gasteiger partial charge >= 0.3 is 0 Å². The average molecular weight is 349 g/mol. The number of hydrogen-bond acceptors (Lipinski definition) is 5. The Labute approximate surface area is 149 Å². The third kappa shape index (κ3) is 1.65. The van der Waals surface area contributed by atoms with Crippen LogP contribution in [-0.2, 0) is 24.8 Å². The van der Waals surface area contributed by atoms with Crippen LogP contribution in [0.4, 0.5) is 5.69 Å². The molecule has 3 aliphatic heterocycles. The zero-order chi connectivity index (χ0) is 18.1. The van der Waals surface area contributed by atoms with E-state index >= 15 is 0 Å². The maximum absolute atomic E-state index is 13.3. The van der Waals surface area contributed by atoms with Crippen LogP contribution in [-0.4, -0.2) is 30.8 Å². The van der Waals surface area contributed by atoms with Crippen molar-refractivity contribution in [3.8, 4) is 0 Å². The molecule has 0 spiro atoms. The normalized spacial score (nSPS) is 32.0. The first kappa shape index (κ1) is 15.4. The number of Topliss-reactive ketones (excluding diaryl/α,β-unsaturated/α-hetero) is 1. The number of imide groups is 1. The van der Waals surface area contributed by atoms with Crippen molar-refractivity contribution in [3.05, 3.63) is 65.7 Å². The van der Waals surface area contributed by atoms with Crippen molar-refractivity contribution in [1.29, 1.82) is 0 Å². The summed E-state index contributed by atoms with van der Waals surface area (Å²) in [7, 11) is 1.44. The highest BCUT2D eigenvalue weighted by Crippen LogP contribution is 2.57. The van der Waals surface area contributed by atoms with Gasteiger partial charge < -0.3 is 9.47 Å². The van der Waals surface area contributed by atoms with Crippen molar-refractivity contribution in [3.63, 3.8) is 0 Å². The number of benzene rings is 2. The lowest BCUT2D eigenvalue weighted by atomic mass is 9.86. The lowest BCUT2D eigenvalue weighted by Crippen LogP contribution is -2.46. The predicted octanol–water partition coefficient (Wildman–Crippen LogP) is 1.89. The van der Waals surface area contributed by atoms with Crippen LogP contribution >= 0.6 is 0 Å². The van der Waals surface area contributed by atoms with Gasteiger partial charge in [0.1, 0.15) is 12.0 Å². The molecule has 2 bridgehead atoms. The van der Waals surface area contributed by atoms with Crippen LogP contribution in [0.5, 0.6) is 0 Å². The molecule has 4 atom stereocenters. The monoisotopic (exact) mass is 349 g/mol. The van der Waals surface area contributed by atoms with Crippen molar-refractivity contribution >= 4 is 23.3 Å². The number of anilines is 1. The molecule has 6 nitrogen and oxygen atoms in total. The molecule has 0 N–H and O–H groups in total. The van der Waals surface area contributed by atoms with Gasteiger partial charge in [-0.1, -0.05) is 42.5 Å². The van der Waals surface area contributed by atoms with Crippen LogP contribution < -0.4 is 4.90 Å². The van der Waals surface area contributed by atoms with Crippen molar-refractivity contribution in [2.75, 3.05) is 12.0 Å². The molecule has 0 aromatic heterocycles. The van der Waals surface area contributed by atoms with Gasteiger partial charge in [-0.05, 0) is 12.1 Å². The number of ether oxygens (including phenoxy) is 2. The Morgan fingerprint density at radius 3 is 2.38 bits per heavy atom. The summed E-state index contributed by atoms with van der Waals surface area (Å²) < 4.78 is 11.6. The van der Waals surface area contributed by atoms with E-state index in [4.69, 9.17) is 9.47 Å². The van der Waals surface area contributed by atoms with E-state index in [0.717, 1.165) is 4.90 Å². The summed E-state index contributed by atoms with van der Waals surface area (Å²) in [5.41, 5.74) is 1.45. The van der Waals surface area contributed by atoms with Crippen LogP contribution in [0.25, 0.3) is 0 Å². The van der Waals surface area contributed by atoms with Gasteiger partial charge in [0.15, 0.2) is 5.78 Å². The number of methoxy groups -OCH3 is 1. The van der Waals surface area contributed by atoms with E-state index in [1.54, 1.807) is 48.5 Å². The Bertz CT molecular complexity index is 956. The van der Waals surface area contributed by atoms with Crippen LogP contribution in [0.15, 0.2) is 54.6 Å². The quantitative estimate of drug-likeness (QED) is 0.774. The average Bonchev–Trinajstić information content (AvgIpc) is 3.14. The minimum absolute atomic E-state index is 0.281. The molecule has 6 heteroatoms. The number of nitrogens with zero attached hydrogens (tertiary/aromatic N) is 1. The second-order valence-corrected chi connectivity index (χ2v) is 6.67. The molecule has 3 heterocycles. The second-order valence-electron chi connectivity index (χ2n) is 6.67. The highest BCUT2D eigenvalue weighted by molar-refractivity contribution is 6.25. The van der Waals surface area contributed by atoms with Gasteiger partial charge in [0, 0.05) is 18.2 Å². The molecule has 26 heavy (non-hydrogen) atoms. The molecular weight excluding hydrogens is 334 g/mol. The molecule has 2 saturated heterocycles. The Balaban J connectivity index is 1.71. The van der Waals surface area contributed by atoms with Crippen LogP contribution in [0.2, 0.25) is 0 Å². The fourth-order valence-corrected chi connectivity index (χ4v) is 4.45. The Kier molecular flexibility index (Phi) is 3.02. The molecular formula is C20H15NO5. The largest absolute Gasteiger partial charge is 0.349 e. The minimum Gasteiger partial charge on any atom is -0.349 e. The highest BCUT2D eigenvalue weighted by atomic mass is 16.7. The first-order chi connectivity index (χ1) is 12.6. The Hall–Kier alpha value is -2.83. The second kappa shape index (κ2) is 5.09. The smallest absolute Gasteiger partial charge is 0.243 e. The van der Waals surface area contributed by atoms with Crippen molar-refractivity contribution in [2.45, 2.75) is 11.9 Å². The third-order valence-electron chi connectivity index (χ3n) is 5.53. The molecule has 3 aliphatic rings. The number of fused-ring (bicyclic) bond motifs is 7. The summed E-state index contributed by atoms with van der Waals surface area (Å²) in [6.45, 7) is 0.